The summed E-state index contributed by atoms with van der Waals surface area (Å²) in [5.41, 5.74) is 5.96. The molecule has 32 heavy (non-hydrogen) atoms. The van der Waals surface area contributed by atoms with Gasteiger partial charge in [-0.2, -0.15) is 0 Å². The van der Waals surface area contributed by atoms with E-state index in [-0.39, 0.29) is 31.3 Å². The third-order valence-corrected chi connectivity index (χ3v) is 7.93. The van der Waals surface area contributed by atoms with Crippen molar-refractivity contribution in [1.82, 2.24) is 0 Å². The van der Waals surface area contributed by atoms with Crippen molar-refractivity contribution in [3.63, 3.8) is 0 Å². The van der Waals surface area contributed by atoms with E-state index in [4.69, 9.17) is 11.6 Å². The number of unbranched alkanes of at least 4 members (excludes halogenated alkanes) is 10. The van der Waals surface area contributed by atoms with Crippen LogP contribution < -0.4 is 0 Å². The van der Waals surface area contributed by atoms with Gasteiger partial charge in [0.1, 0.15) is 0 Å². The first kappa shape index (κ1) is 28.2. The second-order valence-electron chi connectivity index (χ2n) is 9.50. The Morgan fingerprint density at radius 2 is 1.16 bits per heavy atom. The minimum atomic E-state index is 0. The molecule has 0 atom stereocenters. The molecule has 174 valence electrons. The summed E-state index contributed by atoms with van der Waals surface area (Å²) in [4.78, 5) is 0. The van der Waals surface area contributed by atoms with Crippen molar-refractivity contribution in [2.24, 2.45) is 0 Å². The second-order valence-corrected chi connectivity index (χ2v) is 10.8. The molecule has 0 nitrogen and oxygen atoms in total. The van der Waals surface area contributed by atoms with Crippen LogP contribution in [0.1, 0.15) is 118 Å². The van der Waals surface area contributed by atoms with Gasteiger partial charge in [-0.3, -0.25) is 0 Å². The third-order valence-electron chi connectivity index (χ3n) is 7.20. The molecular weight excluding hydrogens is 488 g/mol. The van der Waals surface area contributed by atoms with Crippen LogP contribution in [0.15, 0.2) is 40.9 Å². The fraction of sp³-hybridized carbons (Fsp3) is 0.586. The summed E-state index contributed by atoms with van der Waals surface area (Å²) in [6.07, 6.45) is 18.7. The van der Waals surface area contributed by atoms with E-state index in [0.29, 0.717) is 0 Å². The van der Waals surface area contributed by atoms with Gasteiger partial charge in [0.25, 0.3) is 0 Å². The molecule has 0 amide bonds. The number of rotatable bonds is 14. The molecule has 0 aliphatic heterocycles. The van der Waals surface area contributed by atoms with E-state index in [9.17, 15) is 0 Å². The van der Waals surface area contributed by atoms with Crippen molar-refractivity contribution in [3.05, 3.63) is 57.0 Å². The van der Waals surface area contributed by atoms with Gasteiger partial charge in [-0.15, -0.1) is 0 Å². The Bertz CT molecular complexity index is 773. The normalized spacial score (nSPS) is 13.5. The van der Waals surface area contributed by atoms with Gasteiger partial charge < -0.3 is 2.85 Å². The smallest absolute Gasteiger partial charge is 1.00 e. The fourth-order valence-corrected chi connectivity index (χ4v) is 6.05. The van der Waals surface area contributed by atoms with Crippen molar-refractivity contribution in [1.29, 1.82) is 0 Å². The van der Waals surface area contributed by atoms with Crippen LogP contribution in [-0.2, 0) is 5.41 Å². The Kier molecular flexibility index (Phi) is 12.7. The molecule has 3 heteroatoms. The van der Waals surface area contributed by atoms with Gasteiger partial charge >= 0.3 is 23.1 Å². The number of halogens is 2. The van der Waals surface area contributed by atoms with Crippen LogP contribution in [-0.4, -0.2) is 23.1 Å². The van der Waals surface area contributed by atoms with E-state index in [1.165, 1.54) is 117 Å². The van der Waals surface area contributed by atoms with Gasteiger partial charge in [-0.05, 0) is 59.4 Å². The quantitative estimate of drug-likeness (QED) is 0.168. The Morgan fingerprint density at radius 1 is 0.688 bits per heavy atom. The molecule has 0 unspecified atom stereocenters. The topological polar surface area (TPSA) is 0 Å². The first-order chi connectivity index (χ1) is 15.1. The second kappa shape index (κ2) is 14.4. The van der Waals surface area contributed by atoms with Gasteiger partial charge in [0, 0.05) is 14.9 Å². The molecule has 0 heterocycles. The molecule has 0 spiro atoms. The van der Waals surface area contributed by atoms with Gasteiger partial charge in [0.05, 0.1) is 0 Å². The Labute approximate surface area is 229 Å². The first-order valence-electron chi connectivity index (χ1n) is 12.7. The zero-order chi connectivity index (χ0) is 22.1. The maximum atomic E-state index is 6.55. The maximum absolute atomic E-state index is 6.55. The maximum Gasteiger partial charge on any atom is 2.00 e. The molecule has 0 N–H and O–H groups in total. The fourth-order valence-electron chi connectivity index (χ4n) is 5.52. The van der Waals surface area contributed by atoms with Crippen LogP contribution in [0.5, 0.6) is 0 Å². The summed E-state index contributed by atoms with van der Waals surface area (Å²) >= 11 is 10.3. The van der Waals surface area contributed by atoms with Crippen LogP contribution in [0.4, 0.5) is 0 Å². The predicted octanol–water partition coefficient (Wildman–Crippen LogP) is 10.7. The largest absolute Gasteiger partial charge is 2.00 e. The third kappa shape index (κ3) is 7.00. The molecule has 1 aliphatic rings. The summed E-state index contributed by atoms with van der Waals surface area (Å²) in [6, 6.07) is 13.5. The zero-order valence-electron chi connectivity index (χ0n) is 22.3. The number of hydrogen-bond donors (Lipinski definition) is 0. The molecule has 1 aliphatic carbocycles. The number of benzene rings is 2. The molecule has 0 saturated heterocycles. The monoisotopic (exact) mass is 528 g/mol. The van der Waals surface area contributed by atoms with E-state index in [2.05, 4.69) is 66.2 Å². The Morgan fingerprint density at radius 3 is 1.72 bits per heavy atom. The van der Waals surface area contributed by atoms with Crippen molar-refractivity contribution in [2.75, 3.05) is 0 Å². The minimum absolute atomic E-state index is 0. The van der Waals surface area contributed by atoms with Gasteiger partial charge in [-0.25, -0.2) is 0 Å². The van der Waals surface area contributed by atoms with Crippen molar-refractivity contribution >= 4 is 50.6 Å². The zero-order valence-corrected chi connectivity index (χ0v) is 24.1. The van der Waals surface area contributed by atoms with Crippen molar-refractivity contribution in [3.8, 4) is 11.1 Å². The van der Waals surface area contributed by atoms with Crippen LogP contribution >= 0.6 is 27.5 Å². The van der Waals surface area contributed by atoms with Gasteiger partial charge in [0.15, 0.2) is 0 Å². The standard InChI is InChI=1S/C29H40BrCl.Mg.2H/c1-3-5-7-9-11-13-19-29(20-14-12-10-8-6-4-2)27-21-23(30)15-17-25(27)26-18-16-24(31)22-28(26)29;;;/h15-18,21-22H,3-14,19-20H2,1-2H3;;;/q;+2;2*-1. The van der Waals surface area contributed by atoms with E-state index in [1.54, 1.807) is 0 Å². The molecule has 2 aromatic carbocycles. The molecule has 0 radical (unpaired) electrons. The first-order valence-corrected chi connectivity index (χ1v) is 13.9. The summed E-state index contributed by atoms with van der Waals surface area (Å²) in [6.45, 7) is 4.59. The van der Waals surface area contributed by atoms with E-state index >= 15 is 0 Å². The summed E-state index contributed by atoms with van der Waals surface area (Å²) < 4.78 is 1.19. The van der Waals surface area contributed by atoms with Crippen LogP contribution in [0.25, 0.3) is 11.1 Å². The van der Waals surface area contributed by atoms with Gasteiger partial charge in [0.2, 0.25) is 0 Å². The summed E-state index contributed by atoms with van der Waals surface area (Å²) in [7, 11) is 0. The van der Waals surface area contributed by atoms with E-state index in [1.807, 2.05) is 0 Å². The molecular formula is C29H42BrClMg. The van der Waals surface area contributed by atoms with Gasteiger partial charge in [-0.1, -0.05) is 131 Å². The predicted molar refractivity (Wildman–Crippen MR) is 149 cm³/mol. The van der Waals surface area contributed by atoms with Crippen molar-refractivity contribution < 1.29 is 2.85 Å². The van der Waals surface area contributed by atoms with Crippen LogP contribution in [0.2, 0.25) is 5.02 Å². The average molecular weight is 530 g/mol. The van der Waals surface area contributed by atoms with Crippen molar-refractivity contribution in [2.45, 2.75) is 109 Å². The average Bonchev–Trinajstić information content (AvgIpc) is 3.02. The molecule has 0 fully saturated rings. The van der Waals surface area contributed by atoms with E-state index < -0.39 is 0 Å². The number of fused-ring (bicyclic) bond motifs is 3. The molecule has 0 saturated carbocycles. The SMILES string of the molecule is CCCCCCCCC1(CCCCCCCC)c2cc(Cl)ccc2-c2ccc(Br)cc21.[H-].[H-].[Mg+2]. The Balaban J connectivity index is 0.00000363. The summed E-state index contributed by atoms with van der Waals surface area (Å²) in [5.74, 6) is 0. The molecule has 0 aromatic heterocycles. The molecule has 3 rings (SSSR count). The summed E-state index contributed by atoms with van der Waals surface area (Å²) in [5, 5.41) is 0.876. The number of hydrogen-bond acceptors (Lipinski definition) is 0. The van der Waals surface area contributed by atoms with Crippen LogP contribution in [0.3, 0.4) is 0 Å². The van der Waals surface area contributed by atoms with E-state index in [0.717, 1.165) is 5.02 Å². The van der Waals surface area contributed by atoms with Crippen LogP contribution in [0, 0.1) is 0 Å². The Hall–Kier alpha value is -0.0238. The molecule has 0 bridgehead atoms. The molecule has 2 aromatic rings. The minimum Gasteiger partial charge on any atom is -1.00 e.